The number of allylic oxidation sites excluding steroid dienone is 1. The lowest BCUT2D eigenvalue weighted by Crippen LogP contribution is -2.32. The van der Waals surface area contributed by atoms with Crippen molar-refractivity contribution in [1.29, 1.82) is 5.26 Å². The van der Waals surface area contributed by atoms with Crippen LogP contribution in [0.25, 0.3) is 0 Å². The molecule has 6 nitrogen and oxygen atoms in total. The van der Waals surface area contributed by atoms with Crippen LogP contribution in [0, 0.1) is 18.3 Å². The zero-order valence-corrected chi connectivity index (χ0v) is 14.7. The highest BCUT2D eigenvalue weighted by atomic mass is 32.1. The lowest BCUT2D eigenvalue weighted by Gasteiger charge is -2.26. The number of furan rings is 1. The average Bonchev–Trinajstić information content (AvgIpc) is 3.31. The van der Waals surface area contributed by atoms with E-state index in [1.165, 1.54) is 11.3 Å². The van der Waals surface area contributed by atoms with Crippen molar-refractivity contribution in [2.24, 2.45) is 5.73 Å². The number of thiophene rings is 1. The number of ether oxygens (including phenoxy) is 1. The van der Waals surface area contributed by atoms with E-state index in [1.807, 2.05) is 30.5 Å². The summed E-state index contributed by atoms with van der Waals surface area (Å²) >= 11 is 1.48. The lowest BCUT2D eigenvalue weighted by molar-refractivity contribution is 0.388. The van der Waals surface area contributed by atoms with Crippen LogP contribution in [-0.2, 0) is 6.54 Å². The molecule has 3 aromatic heterocycles. The first-order valence-electron chi connectivity index (χ1n) is 7.98. The van der Waals surface area contributed by atoms with Crippen LogP contribution in [0.15, 0.2) is 62.6 Å². The molecule has 0 saturated carbocycles. The number of aromatic nitrogens is 1. The highest BCUT2D eigenvalue weighted by molar-refractivity contribution is 7.10. The number of hydrogen-bond acceptors (Lipinski definition) is 6. The van der Waals surface area contributed by atoms with Gasteiger partial charge in [0.2, 0.25) is 5.88 Å². The predicted octanol–water partition coefficient (Wildman–Crippen LogP) is 3.08. The maximum atomic E-state index is 13.3. The molecule has 0 aromatic carbocycles. The van der Waals surface area contributed by atoms with Gasteiger partial charge in [-0.25, -0.2) is 0 Å². The number of nitrogens with two attached hydrogens (primary N) is 1. The summed E-state index contributed by atoms with van der Waals surface area (Å²) in [5, 5.41) is 11.5. The fourth-order valence-corrected chi connectivity index (χ4v) is 4.02. The van der Waals surface area contributed by atoms with Gasteiger partial charge in [-0.3, -0.25) is 4.79 Å². The Bertz CT molecular complexity index is 1090. The maximum absolute atomic E-state index is 13.3. The van der Waals surface area contributed by atoms with Gasteiger partial charge in [0, 0.05) is 16.6 Å². The Kier molecular flexibility index (Phi) is 3.90. The molecule has 26 heavy (non-hydrogen) atoms. The summed E-state index contributed by atoms with van der Waals surface area (Å²) in [6.07, 6.45) is 1.57. The highest BCUT2D eigenvalue weighted by Gasteiger charge is 2.34. The van der Waals surface area contributed by atoms with Crippen molar-refractivity contribution in [2.75, 3.05) is 0 Å². The van der Waals surface area contributed by atoms with Crippen LogP contribution < -0.4 is 16.0 Å². The van der Waals surface area contributed by atoms with Gasteiger partial charge in [0.05, 0.1) is 24.3 Å². The van der Waals surface area contributed by atoms with E-state index in [1.54, 1.807) is 23.0 Å². The highest BCUT2D eigenvalue weighted by Crippen LogP contribution is 2.41. The Balaban J connectivity index is 1.94. The van der Waals surface area contributed by atoms with Crippen molar-refractivity contribution in [3.63, 3.8) is 0 Å². The Hall–Kier alpha value is -3.24. The number of fused-ring (bicyclic) bond motifs is 1. The fourth-order valence-electron chi connectivity index (χ4n) is 3.18. The third-order valence-electron chi connectivity index (χ3n) is 4.41. The van der Waals surface area contributed by atoms with Gasteiger partial charge < -0.3 is 19.5 Å². The molecule has 2 N–H and O–H groups in total. The quantitative estimate of drug-likeness (QED) is 0.770. The molecule has 7 heteroatoms. The van der Waals surface area contributed by atoms with Gasteiger partial charge in [0.25, 0.3) is 5.56 Å². The van der Waals surface area contributed by atoms with E-state index in [0.29, 0.717) is 23.6 Å². The fraction of sp³-hybridized carbons (Fsp3) is 0.158. The number of rotatable bonds is 3. The molecule has 3 aromatic rings. The molecular formula is C19H15N3O3S. The summed E-state index contributed by atoms with van der Waals surface area (Å²) in [4.78, 5) is 14.2. The number of nitriles is 1. The third-order valence-corrected chi connectivity index (χ3v) is 5.35. The molecule has 0 radical (unpaired) electrons. The van der Waals surface area contributed by atoms with Gasteiger partial charge >= 0.3 is 0 Å². The number of hydrogen-bond donors (Lipinski definition) is 1. The van der Waals surface area contributed by atoms with Gasteiger partial charge in [0.15, 0.2) is 0 Å². The molecule has 0 aliphatic carbocycles. The average molecular weight is 365 g/mol. The Morgan fingerprint density at radius 2 is 2.23 bits per heavy atom. The maximum Gasteiger partial charge on any atom is 0.259 e. The molecule has 1 aliphatic rings. The van der Waals surface area contributed by atoms with Crippen molar-refractivity contribution in [1.82, 2.24) is 4.57 Å². The Morgan fingerprint density at radius 1 is 1.38 bits per heavy atom. The van der Waals surface area contributed by atoms with E-state index in [-0.39, 0.29) is 17.0 Å². The van der Waals surface area contributed by atoms with Gasteiger partial charge in [-0.2, -0.15) is 5.26 Å². The molecule has 1 atom stereocenters. The first kappa shape index (κ1) is 16.2. The van der Waals surface area contributed by atoms with E-state index in [4.69, 9.17) is 14.9 Å². The molecule has 4 rings (SSSR count). The molecule has 1 aliphatic heterocycles. The minimum atomic E-state index is -0.528. The summed E-state index contributed by atoms with van der Waals surface area (Å²) < 4.78 is 12.6. The molecule has 130 valence electrons. The molecule has 0 amide bonds. The lowest BCUT2D eigenvalue weighted by atomic mass is 9.88. The Labute approximate surface area is 153 Å². The minimum absolute atomic E-state index is 0.0426. The normalized spacial score (nSPS) is 16.1. The molecule has 0 unspecified atom stereocenters. The first-order valence-corrected chi connectivity index (χ1v) is 8.86. The summed E-state index contributed by atoms with van der Waals surface area (Å²) in [5.41, 5.74) is 7.16. The van der Waals surface area contributed by atoms with Crippen LogP contribution in [0.3, 0.4) is 0 Å². The summed E-state index contributed by atoms with van der Waals surface area (Å²) in [6, 6.07) is 11.3. The van der Waals surface area contributed by atoms with Crippen molar-refractivity contribution in [2.45, 2.75) is 19.4 Å². The van der Waals surface area contributed by atoms with E-state index in [2.05, 4.69) is 6.07 Å². The molecule has 0 bridgehead atoms. The van der Waals surface area contributed by atoms with Crippen LogP contribution >= 0.6 is 11.3 Å². The first-order chi connectivity index (χ1) is 12.6. The summed E-state index contributed by atoms with van der Waals surface area (Å²) in [5.74, 6) is 0.592. The third kappa shape index (κ3) is 2.52. The molecule has 0 spiro atoms. The van der Waals surface area contributed by atoms with Gasteiger partial charge in [-0.1, -0.05) is 6.07 Å². The van der Waals surface area contributed by atoms with E-state index in [0.717, 1.165) is 10.6 Å². The summed E-state index contributed by atoms with van der Waals surface area (Å²) in [7, 11) is 0. The SMILES string of the molecule is Cc1cc2c(c(=O)n1Cc1ccco1)[C@H](c1cccs1)C(C#N)=C(N)O2. The second-order valence-corrected chi connectivity index (χ2v) is 6.95. The second kappa shape index (κ2) is 6.24. The van der Waals surface area contributed by atoms with Crippen LogP contribution in [0.1, 0.15) is 27.8 Å². The number of nitrogens with zero attached hydrogens (tertiary/aromatic N) is 2. The van der Waals surface area contributed by atoms with Crippen LogP contribution in [0.2, 0.25) is 0 Å². The topological polar surface area (TPSA) is 94.2 Å². The smallest absolute Gasteiger partial charge is 0.259 e. The predicted molar refractivity (Wildman–Crippen MR) is 96.9 cm³/mol. The van der Waals surface area contributed by atoms with E-state index in [9.17, 15) is 10.1 Å². The largest absolute Gasteiger partial charge is 0.467 e. The van der Waals surface area contributed by atoms with Crippen molar-refractivity contribution in [3.8, 4) is 11.8 Å². The number of aryl methyl sites for hydroxylation is 1. The number of pyridine rings is 1. The summed E-state index contributed by atoms with van der Waals surface area (Å²) in [6.45, 7) is 2.14. The Morgan fingerprint density at radius 3 is 2.88 bits per heavy atom. The van der Waals surface area contributed by atoms with Crippen LogP contribution in [-0.4, -0.2) is 4.57 Å². The molecule has 4 heterocycles. The molecular weight excluding hydrogens is 350 g/mol. The minimum Gasteiger partial charge on any atom is -0.467 e. The van der Waals surface area contributed by atoms with Gasteiger partial charge in [-0.15, -0.1) is 11.3 Å². The zero-order valence-electron chi connectivity index (χ0n) is 13.9. The van der Waals surface area contributed by atoms with E-state index >= 15 is 0 Å². The van der Waals surface area contributed by atoms with Gasteiger partial charge in [0.1, 0.15) is 23.2 Å². The second-order valence-electron chi connectivity index (χ2n) is 5.97. The molecule has 0 fully saturated rings. The molecule has 0 saturated heterocycles. The van der Waals surface area contributed by atoms with Crippen molar-refractivity contribution < 1.29 is 9.15 Å². The van der Waals surface area contributed by atoms with E-state index < -0.39 is 5.92 Å². The van der Waals surface area contributed by atoms with Crippen LogP contribution in [0.5, 0.6) is 5.75 Å². The van der Waals surface area contributed by atoms with Gasteiger partial charge in [-0.05, 0) is 30.5 Å². The van der Waals surface area contributed by atoms with Crippen molar-refractivity contribution in [3.05, 3.63) is 85.7 Å². The monoisotopic (exact) mass is 365 g/mol. The standard InChI is InChI=1S/C19H15N3O3S/c1-11-8-14-17(19(23)22(11)10-12-4-2-6-24-12)16(15-5-3-7-26-15)13(9-20)18(21)25-14/h2-8,16H,10,21H2,1H3/t16-/m0/s1. The zero-order chi connectivity index (χ0) is 18.3. The van der Waals surface area contributed by atoms with Crippen molar-refractivity contribution >= 4 is 11.3 Å². The van der Waals surface area contributed by atoms with Crippen LogP contribution in [0.4, 0.5) is 0 Å².